The van der Waals surface area contributed by atoms with Crippen molar-refractivity contribution in [1.82, 2.24) is 39.0 Å². The number of aliphatic hydroxyl groups excluding tert-OH is 2. The van der Waals surface area contributed by atoms with Crippen LogP contribution in [0.4, 0.5) is 11.6 Å². The van der Waals surface area contributed by atoms with E-state index >= 15 is 0 Å². The number of aliphatic hydroxyl groups is 2. The van der Waals surface area contributed by atoms with E-state index in [2.05, 4.69) is 42.2 Å². The predicted octanol–water partition coefficient (Wildman–Crippen LogP) is 0.0827. The number of rotatable bonds is 2. The van der Waals surface area contributed by atoms with Gasteiger partial charge in [0, 0.05) is 5.41 Å². The zero-order valence-electron chi connectivity index (χ0n) is 22.8. The molecule has 4 aromatic rings. The minimum absolute atomic E-state index is 0.116. The van der Waals surface area contributed by atoms with E-state index in [9.17, 15) is 19.7 Å². The molecule has 11 atom stereocenters. The van der Waals surface area contributed by atoms with Crippen LogP contribution >= 0.6 is 25.8 Å². The zero-order valence-corrected chi connectivity index (χ0v) is 26.3. The van der Waals surface area contributed by atoms with Crippen LogP contribution in [0, 0.1) is 11.3 Å². The molecule has 1 spiro atoms. The summed E-state index contributed by atoms with van der Waals surface area (Å²) in [6, 6.07) is -0.661. The van der Waals surface area contributed by atoms with Gasteiger partial charge in [-0.05, 0) is 24.1 Å². The van der Waals surface area contributed by atoms with Crippen molar-refractivity contribution in [3.8, 4) is 0 Å². The van der Waals surface area contributed by atoms with Crippen molar-refractivity contribution in [3.05, 3.63) is 25.3 Å². The maximum Gasteiger partial charge on any atom is 0.386 e. The van der Waals surface area contributed by atoms with Crippen molar-refractivity contribution in [2.75, 3.05) is 24.7 Å². The molecule has 4 aliphatic rings. The van der Waals surface area contributed by atoms with Gasteiger partial charge in [0.15, 0.2) is 29.2 Å². The average Bonchev–Trinajstić information content (AvgIpc) is 3.28. The van der Waals surface area contributed by atoms with Crippen molar-refractivity contribution in [2.24, 2.45) is 11.3 Å². The number of aromatic nitrogens is 8. The molecule has 2 saturated carbocycles. The highest BCUT2D eigenvalue weighted by atomic mass is 32.7. The smallest absolute Gasteiger partial charge is 0.386 e. The van der Waals surface area contributed by atoms with Crippen molar-refractivity contribution in [3.63, 3.8) is 0 Å². The van der Waals surface area contributed by atoms with Crippen molar-refractivity contribution in [2.45, 2.75) is 49.2 Å². The first-order valence-corrected chi connectivity index (χ1v) is 18.9. The van der Waals surface area contributed by atoms with Crippen LogP contribution in [0.3, 0.4) is 0 Å². The SMILES string of the molecule is Nc1ncnc2c1ncn2C1[C@H]2C[C@]23COP(O)(=S)O[C@@H]2[C@H](O)[C@@H](COP(=O)(S)O[C@H]3[C@H]1O)O[C@H]2n1cnc2c(N)ncnc21. The molecule has 0 radical (unpaired) electrons. The number of hydrogen-bond donors (Lipinski definition) is 6. The quantitative estimate of drug-likeness (QED) is 0.119. The number of imidazole rings is 2. The van der Waals surface area contributed by atoms with Crippen LogP contribution in [-0.4, -0.2) is 97.9 Å². The van der Waals surface area contributed by atoms with Crippen molar-refractivity contribution in [1.29, 1.82) is 0 Å². The second-order valence-corrected chi connectivity index (χ2v) is 17.0. The Hall–Kier alpha value is -2.39. The van der Waals surface area contributed by atoms with Gasteiger partial charge in [-0.2, -0.15) is 0 Å². The van der Waals surface area contributed by atoms with Crippen molar-refractivity contribution >= 4 is 71.5 Å². The monoisotopic (exact) mass is 700 g/mol. The zero-order chi connectivity index (χ0) is 31.5. The predicted molar refractivity (Wildman–Crippen MR) is 160 cm³/mol. The summed E-state index contributed by atoms with van der Waals surface area (Å²) < 4.78 is 46.1. The summed E-state index contributed by atoms with van der Waals surface area (Å²) in [4.78, 5) is 36.2. The standard InChI is InChI=1S/C22H26N10O9P2S2/c23-17-10-19(27-4-25-17)31(6-29-10)12-8-1-22(8)3-38-43(36,45)40-15-13(33)9(2-37-42(35,44)41-16(22)14(12)34)39-21(15)32-7-30-11-18(24)26-5-28-20(11)32/h4-9,12-16,21,33-34H,1-3H2,(H,35,44)(H,36,45)(H2,23,25,27)(H2,24,26,28)/t8-,9-,12?,13-,14+,15-,16+,21-,22+,42?,43?/m1/s1. The highest BCUT2D eigenvalue weighted by Crippen LogP contribution is 2.73. The van der Waals surface area contributed by atoms with Crippen LogP contribution in [0.15, 0.2) is 25.3 Å². The molecule has 0 amide bonds. The number of thiol groups is 1. The summed E-state index contributed by atoms with van der Waals surface area (Å²) >= 11 is 9.58. The molecule has 23 heteroatoms. The summed E-state index contributed by atoms with van der Waals surface area (Å²) in [5, 5.41) is 22.8. The molecule has 2 aliphatic carbocycles. The highest BCUT2D eigenvalue weighted by molar-refractivity contribution is 8.44. The van der Waals surface area contributed by atoms with Crippen molar-refractivity contribution < 1.29 is 42.5 Å². The molecule has 0 aromatic carbocycles. The van der Waals surface area contributed by atoms with E-state index < -0.39 is 68.3 Å². The summed E-state index contributed by atoms with van der Waals surface area (Å²) in [6.45, 7) is -9.04. The van der Waals surface area contributed by atoms with E-state index in [4.69, 9.17) is 46.1 Å². The van der Waals surface area contributed by atoms with Gasteiger partial charge in [0.05, 0.1) is 31.9 Å². The van der Waals surface area contributed by atoms with Crippen LogP contribution in [-0.2, 0) is 39.2 Å². The summed E-state index contributed by atoms with van der Waals surface area (Å²) in [5.41, 5.74) is 12.2. The Kier molecular flexibility index (Phi) is 6.86. The van der Waals surface area contributed by atoms with E-state index in [-0.39, 0.29) is 35.3 Å². The fraction of sp³-hybridized carbons (Fsp3) is 0.545. The fourth-order valence-corrected chi connectivity index (χ4v) is 9.71. The fourth-order valence-electron chi connectivity index (χ4n) is 6.73. The third-order valence-corrected chi connectivity index (χ3v) is 12.0. The number of nitrogens with zero attached hydrogens (tertiary/aromatic N) is 8. The van der Waals surface area contributed by atoms with E-state index in [1.807, 2.05) is 0 Å². The topological polar surface area (TPSA) is 263 Å². The van der Waals surface area contributed by atoms with Gasteiger partial charge in [-0.3, -0.25) is 18.1 Å². The minimum atomic E-state index is -4.21. The van der Waals surface area contributed by atoms with Crippen LogP contribution < -0.4 is 11.5 Å². The lowest BCUT2D eigenvalue weighted by Gasteiger charge is -2.31. The Morgan fingerprint density at radius 2 is 1.60 bits per heavy atom. The lowest BCUT2D eigenvalue weighted by molar-refractivity contribution is -0.0565. The maximum atomic E-state index is 13.6. The molecule has 2 aliphatic heterocycles. The molecule has 3 unspecified atom stereocenters. The molecule has 2 bridgehead atoms. The molecular weight excluding hydrogens is 674 g/mol. The lowest BCUT2D eigenvalue weighted by atomic mass is 10.0. The average molecular weight is 701 g/mol. The largest absolute Gasteiger partial charge is 0.388 e. The molecule has 4 aromatic heterocycles. The normalized spacial score (nSPS) is 41.7. The summed E-state index contributed by atoms with van der Waals surface area (Å²) in [5.74, 6) is -0.0349. The number of hydrogen-bond acceptors (Lipinski definition) is 17. The molecule has 7 N–H and O–H groups in total. The van der Waals surface area contributed by atoms with Gasteiger partial charge in [-0.15, -0.1) is 0 Å². The van der Waals surface area contributed by atoms with Gasteiger partial charge in [-0.1, -0.05) is 12.2 Å². The van der Waals surface area contributed by atoms with Crippen LogP contribution in [0.25, 0.3) is 22.3 Å². The Labute approximate surface area is 263 Å². The van der Waals surface area contributed by atoms with E-state index in [0.29, 0.717) is 17.6 Å². The summed E-state index contributed by atoms with van der Waals surface area (Å²) in [7, 11) is 0. The third kappa shape index (κ3) is 4.72. The number of nitrogens with two attached hydrogens (primary N) is 2. The van der Waals surface area contributed by atoms with Crippen LogP contribution in [0.5, 0.6) is 0 Å². The molecule has 4 fully saturated rings. The second-order valence-electron chi connectivity index (χ2n) is 11.3. The van der Waals surface area contributed by atoms with Gasteiger partial charge in [-0.25, -0.2) is 34.5 Å². The minimum Gasteiger partial charge on any atom is -0.388 e. The lowest BCUT2D eigenvalue weighted by Crippen LogP contribution is -2.37. The molecule has 2 saturated heterocycles. The van der Waals surface area contributed by atoms with Gasteiger partial charge < -0.3 is 40.4 Å². The number of anilines is 2. The second kappa shape index (κ2) is 10.3. The number of fused-ring (bicyclic) bond motifs is 4. The Morgan fingerprint density at radius 1 is 0.956 bits per heavy atom. The Morgan fingerprint density at radius 3 is 2.29 bits per heavy atom. The van der Waals surface area contributed by atoms with Crippen LogP contribution in [0.2, 0.25) is 0 Å². The van der Waals surface area contributed by atoms with Gasteiger partial charge >= 0.3 is 13.5 Å². The molecule has 8 rings (SSSR count). The van der Waals surface area contributed by atoms with E-state index in [1.165, 1.54) is 29.9 Å². The molecule has 45 heavy (non-hydrogen) atoms. The molecule has 240 valence electrons. The van der Waals surface area contributed by atoms with Gasteiger partial charge in [0.25, 0.3) is 0 Å². The maximum absolute atomic E-state index is 13.6. The summed E-state index contributed by atoms with van der Waals surface area (Å²) in [6.07, 6.45) is -1.68. The first-order chi connectivity index (χ1) is 21.4. The molecule has 19 nitrogen and oxygen atoms in total. The number of ether oxygens (including phenoxy) is 1. The van der Waals surface area contributed by atoms with Crippen LogP contribution in [0.1, 0.15) is 18.7 Å². The first-order valence-electron chi connectivity index (χ1n) is 13.6. The number of nitrogen functional groups attached to an aromatic ring is 2. The Bertz CT molecular complexity index is 1930. The Balaban J connectivity index is 1.14. The van der Waals surface area contributed by atoms with Gasteiger partial charge in [0.1, 0.15) is 54.2 Å². The first kappa shape index (κ1) is 30.0. The molecule has 6 heterocycles. The van der Waals surface area contributed by atoms with E-state index in [1.54, 1.807) is 4.57 Å². The molecular formula is C22H26N10O9P2S2. The van der Waals surface area contributed by atoms with Gasteiger partial charge in [0.2, 0.25) is 0 Å². The highest BCUT2D eigenvalue weighted by Gasteiger charge is 2.74. The third-order valence-electron chi connectivity index (χ3n) is 8.90. The van der Waals surface area contributed by atoms with E-state index in [0.717, 1.165) is 0 Å².